The third kappa shape index (κ3) is 6.71. The lowest BCUT2D eigenvalue weighted by atomic mass is 9.99. The summed E-state index contributed by atoms with van der Waals surface area (Å²) >= 11 is 0. The predicted molar refractivity (Wildman–Crippen MR) is 108 cm³/mol. The lowest BCUT2D eigenvalue weighted by molar-refractivity contribution is -0.275. The Kier molecular flexibility index (Phi) is 7.32. The van der Waals surface area contributed by atoms with Crippen LogP contribution < -0.4 is 15.2 Å². The zero-order valence-corrected chi connectivity index (χ0v) is 16.6. The molecule has 1 amide bonds. The normalized spacial score (nSPS) is 12.2. The van der Waals surface area contributed by atoms with Gasteiger partial charge >= 0.3 is 6.36 Å². The van der Waals surface area contributed by atoms with E-state index in [0.717, 1.165) is 0 Å². The Bertz CT molecular complexity index is 1040. The summed E-state index contributed by atoms with van der Waals surface area (Å²) < 4.78 is 65.6. The van der Waals surface area contributed by atoms with Crippen LogP contribution in [-0.2, 0) is 16.1 Å². The summed E-state index contributed by atoms with van der Waals surface area (Å²) in [4.78, 5) is 11.9. The summed E-state index contributed by atoms with van der Waals surface area (Å²) in [6.07, 6.45) is -4.83. The van der Waals surface area contributed by atoms with Crippen LogP contribution in [0, 0.1) is 5.82 Å². The molecule has 0 aromatic heterocycles. The van der Waals surface area contributed by atoms with E-state index in [2.05, 4.69) is 4.74 Å². The number of amides is 1. The molecule has 3 aromatic rings. The molecule has 168 valence electrons. The largest absolute Gasteiger partial charge is 0.573 e. The number of hydrogen-bond donors (Lipinski definition) is 1. The molecule has 3 aromatic carbocycles. The van der Waals surface area contributed by atoms with Crippen molar-refractivity contribution in [2.45, 2.75) is 18.9 Å². The van der Waals surface area contributed by atoms with Crippen molar-refractivity contribution in [1.29, 1.82) is 0 Å². The van der Waals surface area contributed by atoms with E-state index >= 15 is 0 Å². The third-order valence-electron chi connectivity index (χ3n) is 4.42. The molecule has 3 rings (SSSR count). The van der Waals surface area contributed by atoms with E-state index in [1.54, 1.807) is 30.3 Å². The van der Waals surface area contributed by atoms with Gasteiger partial charge < -0.3 is 19.9 Å². The summed E-state index contributed by atoms with van der Waals surface area (Å²) in [7, 11) is 0. The quantitative estimate of drug-likeness (QED) is 0.450. The summed E-state index contributed by atoms with van der Waals surface area (Å²) in [5.74, 6) is -1.35. The summed E-state index contributed by atoms with van der Waals surface area (Å²) in [6, 6.07) is 17.5. The third-order valence-corrected chi connectivity index (χ3v) is 4.42. The minimum atomic E-state index is -4.83. The molecule has 0 bridgehead atoms. The lowest BCUT2D eigenvalue weighted by Crippen LogP contribution is -2.25. The molecular formula is C23H19F4NO4. The SMILES string of the molecule is NC(=O)C(COCc1ccccc1OC(F)(F)F)c1ccc(Oc2ccc(F)cc2)cc1. The first-order valence-corrected chi connectivity index (χ1v) is 9.45. The minimum Gasteiger partial charge on any atom is -0.457 e. The van der Waals surface area contributed by atoms with Crippen LogP contribution in [0.2, 0.25) is 0 Å². The zero-order valence-electron chi connectivity index (χ0n) is 16.6. The molecule has 2 N–H and O–H groups in total. The number of alkyl halides is 3. The van der Waals surface area contributed by atoms with Crippen molar-refractivity contribution in [3.63, 3.8) is 0 Å². The van der Waals surface area contributed by atoms with Gasteiger partial charge in [-0.25, -0.2) is 4.39 Å². The molecule has 0 spiro atoms. The van der Waals surface area contributed by atoms with Crippen molar-refractivity contribution in [3.05, 3.63) is 89.7 Å². The number of halogens is 4. The average molecular weight is 449 g/mol. The molecule has 1 unspecified atom stereocenters. The fourth-order valence-corrected chi connectivity index (χ4v) is 2.88. The Labute approximate surface area is 181 Å². The van der Waals surface area contributed by atoms with Crippen LogP contribution in [0.25, 0.3) is 0 Å². The fourth-order valence-electron chi connectivity index (χ4n) is 2.88. The van der Waals surface area contributed by atoms with Gasteiger partial charge in [0.25, 0.3) is 0 Å². The number of carbonyl (C=O) groups is 1. The van der Waals surface area contributed by atoms with Gasteiger partial charge in [0, 0.05) is 5.56 Å². The standard InChI is InChI=1S/C23H19F4NO4/c24-17-7-11-19(12-8-17)31-18-9-5-15(6-10-18)20(22(28)29)14-30-13-16-3-1-2-4-21(16)32-23(25,26)27/h1-12,20H,13-14H2,(H2,28,29). The number of hydrogen-bond acceptors (Lipinski definition) is 4. The van der Waals surface area contributed by atoms with Crippen molar-refractivity contribution < 1.29 is 36.6 Å². The molecule has 0 aliphatic carbocycles. The highest BCUT2D eigenvalue weighted by Gasteiger charge is 2.32. The number of rotatable bonds is 9. The van der Waals surface area contributed by atoms with Gasteiger partial charge in [-0.05, 0) is 48.0 Å². The highest BCUT2D eigenvalue weighted by Crippen LogP contribution is 2.28. The van der Waals surface area contributed by atoms with Crippen molar-refractivity contribution in [3.8, 4) is 17.2 Å². The number of primary amides is 1. The highest BCUT2D eigenvalue weighted by molar-refractivity contribution is 5.82. The maximum Gasteiger partial charge on any atom is 0.573 e. The van der Waals surface area contributed by atoms with E-state index in [0.29, 0.717) is 17.1 Å². The van der Waals surface area contributed by atoms with Crippen molar-refractivity contribution in [2.24, 2.45) is 5.73 Å². The van der Waals surface area contributed by atoms with Crippen molar-refractivity contribution in [1.82, 2.24) is 0 Å². The maximum absolute atomic E-state index is 13.0. The molecule has 0 radical (unpaired) electrons. The van der Waals surface area contributed by atoms with Crippen LogP contribution >= 0.6 is 0 Å². The van der Waals surface area contributed by atoms with E-state index in [1.807, 2.05) is 0 Å². The van der Waals surface area contributed by atoms with Crippen LogP contribution in [0.15, 0.2) is 72.8 Å². The maximum atomic E-state index is 13.0. The Morgan fingerprint density at radius 2 is 1.50 bits per heavy atom. The number of ether oxygens (including phenoxy) is 3. The molecule has 32 heavy (non-hydrogen) atoms. The van der Waals surface area contributed by atoms with Gasteiger partial charge in [-0.3, -0.25) is 4.79 Å². The Morgan fingerprint density at radius 1 is 0.906 bits per heavy atom. The Balaban J connectivity index is 1.63. The predicted octanol–water partition coefficient (Wildman–Crippen LogP) is 5.30. The molecule has 0 saturated heterocycles. The molecule has 1 atom stereocenters. The van der Waals surface area contributed by atoms with Crippen LogP contribution in [0.5, 0.6) is 17.2 Å². The molecule has 0 aliphatic heterocycles. The van der Waals surface area contributed by atoms with Crippen LogP contribution in [0.1, 0.15) is 17.0 Å². The van der Waals surface area contributed by atoms with Gasteiger partial charge in [-0.2, -0.15) is 0 Å². The summed E-state index contributed by atoms with van der Waals surface area (Å²) in [6.45, 7) is -0.352. The Hall–Kier alpha value is -3.59. The first kappa shape index (κ1) is 23.1. The Morgan fingerprint density at radius 3 is 2.09 bits per heavy atom. The van der Waals surface area contributed by atoms with E-state index in [1.165, 1.54) is 42.5 Å². The summed E-state index contributed by atoms with van der Waals surface area (Å²) in [5, 5.41) is 0. The second-order valence-corrected chi connectivity index (χ2v) is 6.75. The molecule has 5 nitrogen and oxygen atoms in total. The smallest absolute Gasteiger partial charge is 0.457 e. The first-order chi connectivity index (χ1) is 15.2. The topological polar surface area (TPSA) is 70.8 Å². The number of benzene rings is 3. The number of carbonyl (C=O) groups excluding carboxylic acids is 1. The fraction of sp³-hybridized carbons (Fsp3) is 0.174. The molecule has 0 saturated carbocycles. The number of nitrogens with two attached hydrogens (primary N) is 1. The average Bonchev–Trinajstić information content (AvgIpc) is 2.73. The van der Waals surface area contributed by atoms with Gasteiger partial charge in [0.1, 0.15) is 23.1 Å². The van der Waals surface area contributed by atoms with E-state index in [9.17, 15) is 22.4 Å². The van der Waals surface area contributed by atoms with Crippen molar-refractivity contribution >= 4 is 5.91 Å². The monoisotopic (exact) mass is 449 g/mol. The van der Waals surface area contributed by atoms with Crippen LogP contribution in [0.4, 0.5) is 17.6 Å². The molecule has 0 fully saturated rings. The van der Waals surface area contributed by atoms with E-state index in [4.69, 9.17) is 15.2 Å². The second-order valence-electron chi connectivity index (χ2n) is 6.75. The van der Waals surface area contributed by atoms with Crippen LogP contribution in [-0.4, -0.2) is 18.9 Å². The van der Waals surface area contributed by atoms with Gasteiger partial charge in [0.2, 0.25) is 5.91 Å². The molecule has 9 heteroatoms. The van der Waals surface area contributed by atoms with E-state index in [-0.39, 0.29) is 30.3 Å². The van der Waals surface area contributed by atoms with Gasteiger partial charge in [0.15, 0.2) is 0 Å². The first-order valence-electron chi connectivity index (χ1n) is 9.45. The van der Waals surface area contributed by atoms with Gasteiger partial charge in [-0.1, -0.05) is 30.3 Å². The molecule has 0 aliphatic rings. The van der Waals surface area contributed by atoms with Crippen molar-refractivity contribution in [2.75, 3.05) is 6.61 Å². The minimum absolute atomic E-state index is 0.145. The number of para-hydroxylation sites is 1. The second kappa shape index (κ2) is 10.1. The molecule has 0 heterocycles. The van der Waals surface area contributed by atoms with Gasteiger partial charge in [-0.15, -0.1) is 13.2 Å². The van der Waals surface area contributed by atoms with E-state index < -0.39 is 18.2 Å². The zero-order chi connectivity index (χ0) is 23.1. The summed E-state index contributed by atoms with van der Waals surface area (Å²) in [5.41, 5.74) is 6.20. The van der Waals surface area contributed by atoms with Crippen LogP contribution in [0.3, 0.4) is 0 Å². The molecular weight excluding hydrogens is 430 g/mol. The lowest BCUT2D eigenvalue weighted by Gasteiger charge is -2.17. The van der Waals surface area contributed by atoms with Gasteiger partial charge in [0.05, 0.1) is 19.1 Å². The highest BCUT2D eigenvalue weighted by atomic mass is 19.4.